The third-order valence-electron chi connectivity index (χ3n) is 4.30. The summed E-state index contributed by atoms with van der Waals surface area (Å²) in [5.41, 5.74) is -1.55. The van der Waals surface area contributed by atoms with Gasteiger partial charge in [-0.3, -0.25) is 4.72 Å². The molecule has 0 aliphatic carbocycles. The van der Waals surface area contributed by atoms with Crippen molar-refractivity contribution in [3.05, 3.63) is 48.0 Å². The molecular weight excluding hydrogens is 457 g/mol. The molecule has 0 aromatic heterocycles. The van der Waals surface area contributed by atoms with Crippen molar-refractivity contribution in [3.63, 3.8) is 0 Å². The van der Waals surface area contributed by atoms with Crippen molar-refractivity contribution in [2.75, 3.05) is 24.4 Å². The second-order valence-corrected chi connectivity index (χ2v) is 9.84. The number of hydrogen-bond acceptors (Lipinski definition) is 5. The fourth-order valence-electron chi connectivity index (χ4n) is 2.90. The van der Waals surface area contributed by atoms with E-state index < -0.39 is 36.7 Å². The third kappa shape index (κ3) is 5.49. The number of rotatable bonds is 9. The molecule has 172 valence electrons. The lowest BCUT2D eigenvalue weighted by atomic mass is 10.2. The minimum Gasteiger partial charge on any atom is -0.492 e. The van der Waals surface area contributed by atoms with E-state index in [1.54, 1.807) is 20.8 Å². The van der Waals surface area contributed by atoms with Gasteiger partial charge in [0.25, 0.3) is 10.0 Å². The van der Waals surface area contributed by atoms with Gasteiger partial charge in [-0.1, -0.05) is 26.0 Å². The molecule has 2 aromatic rings. The summed E-state index contributed by atoms with van der Waals surface area (Å²) in [6.07, 6.45) is -4.89. The van der Waals surface area contributed by atoms with Gasteiger partial charge in [-0.25, -0.2) is 16.8 Å². The molecular formula is C19H23F3N2O5S2. The van der Waals surface area contributed by atoms with Gasteiger partial charge in [0, 0.05) is 13.1 Å². The van der Waals surface area contributed by atoms with Crippen LogP contribution in [0, 0.1) is 0 Å². The average Bonchev–Trinajstić information content (AvgIpc) is 2.69. The summed E-state index contributed by atoms with van der Waals surface area (Å²) in [4.78, 5) is -1.26. The Kier molecular flexibility index (Phi) is 7.61. The van der Waals surface area contributed by atoms with Gasteiger partial charge < -0.3 is 4.74 Å². The van der Waals surface area contributed by atoms with Crippen LogP contribution in [0.5, 0.6) is 5.75 Å². The van der Waals surface area contributed by atoms with Crippen LogP contribution in [-0.4, -0.2) is 40.8 Å². The van der Waals surface area contributed by atoms with Gasteiger partial charge in [0.15, 0.2) is 0 Å². The topological polar surface area (TPSA) is 92.8 Å². The Morgan fingerprint density at radius 2 is 1.55 bits per heavy atom. The highest BCUT2D eigenvalue weighted by molar-refractivity contribution is 7.92. The minimum absolute atomic E-state index is 0.00744. The molecule has 12 heteroatoms. The Bertz CT molecular complexity index is 1130. The number of benzene rings is 2. The lowest BCUT2D eigenvalue weighted by molar-refractivity contribution is -0.139. The first kappa shape index (κ1) is 25.0. The van der Waals surface area contributed by atoms with E-state index >= 15 is 0 Å². The van der Waals surface area contributed by atoms with Crippen molar-refractivity contribution in [3.8, 4) is 5.75 Å². The first-order chi connectivity index (χ1) is 14.4. The first-order valence-electron chi connectivity index (χ1n) is 9.34. The fraction of sp³-hybridized carbons (Fsp3) is 0.368. The molecule has 0 heterocycles. The standard InChI is InChI=1S/C19H23F3N2O5S2/c1-4-24(5-2)31(27,28)18-13-14(11-12-16(18)29-6-3)23-30(25,26)17-10-8-7-9-15(17)19(20,21)22/h7-13,23H,4-6H2,1-3H3. The number of alkyl halides is 3. The summed E-state index contributed by atoms with van der Waals surface area (Å²) in [5, 5.41) is 0. The van der Waals surface area contributed by atoms with Crippen molar-refractivity contribution in [2.24, 2.45) is 0 Å². The largest absolute Gasteiger partial charge is 0.492 e. The van der Waals surface area contributed by atoms with Gasteiger partial charge in [0.05, 0.1) is 22.8 Å². The normalized spacial score (nSPS) is 12.7. The fourth-order valence-corrected chi connectivity index (χ4v) is 5.79. The molecule has 0 aliphatic heterocycles. The van der Waals surface area contributed by atoms with Crippen LogP contribution in [0.4, 0.5) is 18.9 Å². The zero-order valence-electron chi connectivity index (χ0n) is 17.1. The molecule has 0 unspecified atom stereocenters. The zero-order valence-corrected chi connectivity index (χ0v) is 18.7. The molecule has 0 amide bonds. The van der Waals surface area contributed by atoms with Crippen molar-refractivity contribution in [1.82, 2.24) is 4.31 Å². The number of hydrogen-bond donors (Lipinski definition) is 1. The molecule has 0 aliphatic rings. The Morgan fingerprint density at radius 3 is 2.10 bits per heavy atom. The molecule has 0 saturated carbocycles. The van der Waals surface area contributed by atoms with E-state index in [0.29, 0.717) is 6.07 Å². The van der Waals surface area contributed by atoms with E-state index in [-0.39, 0.29) is 36.0 Å². The highest BCUT2D eigenvalue weighted by Gasteiger charge is 2.37. The summed E-state index contributed by atoms with van der Waals surface area (Å²) in [6, 6.07) is 7.24. The number of anilines is 1. The maximum absolute atomic E-state index is 13.2. The predicted octanol–water partition coefficient (Wildman–Crippen LogP) is 3.94. The van der Waals surface area contributed by atoms with Crippen LogP contribution in [0.25, 0.3) is 0 Å². The maximum atomic E-state index is 13.2. The smallest absolute Gasteiger partial charge is 0.417 e. The number of nitrogens with one attached hydrogen (secondary N) is 1. The Morgan fingerprint density at radius 1 is 0.935 bits per heavy atom. The summed E-state index contributed by atoms with van der Waals surface area (Å²) in [5.74, 6) is 0.00744. The van der Waals surface area contributed by atoms with Crippen molar-refractivity contribution < 1.29 is 34.7 Å². The van der Waals surface area contributed by atoms with Gasteiger partial charge in [-0.2, -0.15) is 17.5 Å². The van der Waals surface area contributed by atoms with E-state index in [1.807, 2.05) is 4.72 Å². The number of sulfonamides is 2. The monoisotopic (exact) mass is 480 g/mol. The molecule has 0 spiro atoms. The van der Waals surface area contributed by atoms with Crippen LogP contribution in [-0.2, 0) is 26.2 Å². The van der Waals surface area contributed by atoms with E-state index in [1.165, 1.54) is 12.1 Å². The Balaban J connectivity index is 2.57. The van der Waals surface area contributed by atoms with Gasteiger partial charge in [0.2, 0.25) is 10.0 Å². The lowest BCUT2D eigenvalue weighted by Crippen LogP contribution is -2.31. The second-order valence-electron chi connectivity index (χ2n) is 6.28. The SMILES string of the molecule is CCOc1ccc(NS(=O)(=O)c2ccccc2C(F)(F)F)cc1S(=O)(=O)N(CC)CC. The minimum atomic E-state index is -4.89. The van der Waals surface area contributed by atoms with Crippen LogP contribution < -0.4 is 9.46 Å². The summed E-state index contributed by atoms with van der Waals surface area (Å²) >= 11 is 0. The molecule has 0 fully saturated rings. The lowest BCUT2D eigenvalue weighted by Gasteiger charge is -2.21. The highest BCUT2D eigenvalue weighted by atomic mass is 32.2. The molecule has 0 bridgehead atoms. The van der Waals surface area contributed by atoms with Crippen molar-refractivity contribution in [2.45, 2.75) is 36.7 Å². The van der Waals surface area contributed by atoms with Gasteiger partial charge in [-0.05, 0) is 37.3 Å². The molecule has 31 heavy (non-hydrogen) atoms. The first-order valence-corrected chi connectivity index (χ1v) is 12.3. The van der Waals surface area contributed by atoms with E-state index in [0.717, 1.165) is 28.6 Å². The van der Waals surface area contributed by atoms with E-state index in [9.17, 15) is 30.0 Å². The van der Waals surface area contributed by atoms with Crippen LogP contribution in [0.2, 0.25) is 0 Å². The van der Waals surface area contributed by atoms with Crippen LogP contribution in [0.1, 0.15) is 26.3 Å². The quantitative estimate of drug-likeness (QED) is 0.587. The van der Waals surface area contributed by atoms with Gasteiger partial charge in [0.1, 0.15) is 10.6 Å². The zero-order chi connectivity index (χ0) is 23.4. The molecule has 0 radical (unpaired) electrons. The van der Waals surface area contributed by atoms with Crippen molar-refractivity contribution in [1.29, 1.82) is 0 Å². The number of halogens is 3. The maximum Gasteiger partial charge on any atom is 0.417 e. The van der Waals surface area contributed by atoms with E-state index in [2.05, 4.69) is 0 Å². The molecule has 0 saturated heterocycles. The second kappa shape index (κ2) is 9.45. The third-order valence-corrected chi connectivity index (χ3v) is 7.81. The highest BCUT2D eigenvalue weighted by Crippen LogP contribution is 2.35. The molecule has 2 rings (SSSR count). The molecule has 0 atom stereocenters. The average molecular weight is 481 g/mol. The molecule has 7 nitrogen and oxygen atoms in total. The summed E-state index contributed by atoms with van der Waals surface area (Å²) < 4.78 is 99.6. The number of ether oxygens (including phenoxy) is 1. The summed E-state index contributed by atoms with van der Waals surface area (Å²) in [7, 11) is -8.70. The van der Waals surface area contributed by atoms with Gasteiger partial charge in [-0.15, -0.1) is 0 Å². The molecule has 2 aromatic carbocycles. The van der Waals surface area contributed by atoms with Gasteiger partial charge >= 0.3 is 6.18 Å². The molecule has 1 N–H and O–H groups in total. The summed E-state index contributed by atoms with van der Waals surface area (Å²) in [6.45, 7) is 5.42. The van der Waals surface area contributed by atoms with Crippen LogP contribution in [0.15, 0.2) is 52.3 Å². The Labute approximate surface area is 179 Å². The Hall–Kier alpha value is -2.31. The van der Waals surface area contributed by atoms with E-state index in [4.69, 9.17) is 4.74 Å². The van der Waals surface area contributed by atoms with Crippen LogP contribution >= 0.6 is 0 Å². The van der Waals surface area contributed by atoms with Crippen molar-refractivity contribution >= 4 is 25.7 Å². The number of nitrogens with zero attached hydrogens (tertiary/aromatic N) is 1. The van der Waals surface area contributed by atoms with Crippen LogP contribution in [0.3, 0.4) is 0 Å². The predicted molar refractivity (Wildman–Crippen MR) is 110 cm³/mol.